The summed E-state index contributed by atoms with van der Waals surface area (Å²) in [6.45, 7) is -1.09. The van der Waals surface area contributed by atoms with Gasteiger partial charge in [-0.3, -0.25) is 9.59 Å². The first-order valence-corrected chi connectivity index (χ1v) is 8.47. The van der Waals surface area contributed by atoms with E-state index >= 15 is 0 Å². The summed E-state index contributed by atoms with van der Waals surface area (Å²) < 4.78 is 39.8. The third-order valence-corrected chi connectivity index (χ3v) is 4.88. The fourth-order valence-electron chi connectivity index (χ4n) is 3.52. The lowest BCUT2D eigenvalue weighted by atomic mass is 9.90. The number of carboxylic acids is 1. The second-order valence-electron chi connectivity index (χ2n) is 6.59. The SMILES string of the molecule is O=C(O)[C@@H]1CN(C(=O)C(c2ccccc2)c2ccccc2)C[C@H]1C(F)(F)F. The summed E-state index contributed by atoms with van der Waals surface area (Å²) >= 11 is 0. The highest BCUT2D eigenvalue weighted by molar-refractivity contribution is 5.88. The van der Waals surface area contributed by atoms with Crippen LogP contribution in [-0.2, 0) is 9.59 Å². The summed E-state index contributed by atoms with van der Waals surface area (Å²) in [5, 5.41) is 9.18. The lowest BCUT2D eigenvalue weighted by molar-refractivity contribution is -0.188. The van der Waals surface area contributed by atoms with Crippen LogP contribution < -0.4 is 0 Å². The first kappa shape index (κ1) is 18.9. The van der Waals surface area contributed by atoms with E-state index < -0.39 is 48.9 Å². The van der Waals surface area contributed by atoms with E-state index in [0.717, 1.165) is 4.90 Å². The van der Waals surface area contributed by atoms with E-state index in [-0.39, 0.29) is 0 Å². The Balaban J connectivity index is 1.95. The van der Waals surface area contributed by atoms with Gasteiger partial charge in [0, 0.05) is 13.1 Å². The second-order valence-corrected chi connectivity index (χ2v) is 6.59. The van der Waals surface area contributed by atoms with Crippen molar-refractivity contribution in [3.8, 4) is 0 Å². The van der Waals surface area contributed by atoms with Crippen LogP contribution in [0.1, 0.15) is 17.0 Å². The van der Waals surface area contributed by atoms with E-state index in [0.29, 0.717) is 11.1 Å². The molecule has 1 saturated heterocycles. The zero-order valence-corrected chi connectivity index (χ0v) is 14.3. The van der Waals surface area contributed by atoms with Crippen molar-refractivity contribution in [3.05, 3.63) is 71.8 Å². The summed E-state index contributed by atoms with van der Waals surface area (Å²) in [5.41, 5.74) is 1.30. The standard InChI is InChI=1S/C20H18F3NO3/c21-20(22,23)16-12-24(11-15(16)19(26)27)18(25)17(13-7-3-1-4-8-13)14-9-5-2-6-10-14/h1-10,15-17H,11-12H2,(H,26,27)/t15-,16-/m1/s1. The number of rotatable bonds is 4. The predicted molar refractivity (Wildman–Crippen MR) is 92.0 cm³/mol. The molecule has 1 heterocycles. The first-order valence-electron chi connectivity index (χ1n) is 8.47. The van der Waals surface area contributed by atoms with Crippen LogP contribution in [0.5, 0.6) is 0 Å². The third kappa shape index (κ3) is 3.97. The fourth-order valence-corrected chi connectivity index (χ4v) is 3.52. The van der Waals surface area contributed by atoms with Crippen molar-refractivity contribution in [2.45, 2.75) is 12.1 Å². The quantitative estimate of drug-likeness (QED) is 0.887. The molecule has 7 heteroatoms. The molecule has 0 radical (unpaired) electrons. The maximum absolute atomic E-state index is 13.3. The molecule has 0 aromatic heterocycles. The maximum atomic E-state index is 13.3. The number of benzene rings is 2. The van der Waals surface area contributed by atoms with Crippen LogP contribution in [0.3, 0.4) is 0 Å². The first-order chi connectivity index (χ1) is 12.8. The van der Waals surface area contributed by atoms with Gasteiger partial charge in [0.1, 0.15) is 0 Å². The Hall–Kier alpha value is -2.83. The number of carboxylic acid groups (broad SMARTS) is 1. The molecule has 1 fully saturated rings. The minimum atomic E-state index is -4.67. The molecule has 4 nitrogen and oxygen atoms in total. The molecule has 0 bridgehead atoms. The molecule has 2 aromatic rings. The summed E-state index contributed by atoms with van der Waals surface area (Å²) in [6.07, 6.45) is -4.67. The summed E-state index contributed by atoms with van der Waals surface area (Å²) in [7, 11) is 0. The molecule has 0 saturated carbocycles. The minimum Gasteiger partial charge on any atom is -0.481 e. The van der Waals surface area contributed by atoms with Crippen molar-refractivity contribution < 1.29 is 27.9 Å². The Morgan fingerprint density at radius 1 is 0.926 bits per heavy atom. The van der Waals surface area contributed by atoms with Crippen molar-refractivity contribution in [2.75, 3.05) is 13.1 Å². The molecule has 3 rings (SSSR count). The normalized spacial score (nSPS) is 20.1. The van der Waals surface area contributed by atoms with Crippen molar-refractivity contribution >= 4 is 11.9 Å². The summed E-state index contributed by atoms with van der Waals surface area (Å²) in [6, 6.07) is 17.5. The van der Waals surface area contributed by atoms with Gasteiger partial charge in [-0.05, 0) is 11.1 Å². The molecule has 1 amide bonds. The van der Waals surface area contributed by atoms with E-state index in [1.54, 1.807) is 60.7 Å². The van der Waals surface area contributed by atoms with Gasteiger partial charge in [-0.2, -0.15) is 13.2 Å². The molecule has 1 aliphatic rings. The van der Waals surface area contributed by atoms with Crippen molar-refractivity contribution in [3.63, 3.8) is 0 Å². The molecule has 27 heavy (non-hydrogen) atoms. The summed E-state index contributed by atoms with van der Waals surface area (Å²) in [4.78, 5) is 25.5. The highest BCUT2D eigenvalue weighted by Crippen LogP contribution is 2.39. The van der Waals surface area contributed by atoms with Crippen molar-refractivity contribution in [1.29, 1.82) is 0 Å². The average Bonchev–Trinajstić information content (AvgIpc) is 3.10. The molecule has 0 unspecified atom stereocenters. The molecule has 2 atom stereocenters. The average molecular weight is 377 g/mol. The number of hydrogen-bond acceptors (Lipinski definition) is 2. The highest BCUT2D eigenvalue weighted by Gasteiger charge is 2.54. The molecule has 1 N–H and O–H groups in total. The van der Waals surface area contributed by atoms with E-state index in [1.807, 2.05) is 0 Å². The van der Waals surface area contributed by atoms with E-state index in [1.165, 1.54) is 0 Å². The van der Waals surface area contributed by atoms with Gasteiger partial charge >= 0.3 is 12.1 Å². The van der Waals surface area contributed by atoms with Crippen LogP contribution >= 0.6 is 0 Å². The van der Waals surface area contributed by atoms with E-state index in [4.69, 9.17) is 0 Å². The number of carbonyl (C=O) groups is 2. The Morgan fingerprint density at radius 3 is 1.78 bits per heavy atom. The van der Waals surface area contributed by atoms with Gasteiger partial charge in [0.15, 0.2) is 0 Å². The number of likely N-dealkylation sites (tertiary alicyclic amines) is 1. The minimum absolute atomic E-state index is 0.450. The Morgan fingerprint density at radius 2 is 1.41 bits per heavy atom. The van der Waals surface area contributed by atoms with Gasteiger partial charge < -0.3 is 10.0 Å². The van der Waals surface area contributed by atoms with Crippen LogP contribution in [0, 0.1) is 11.8 Å². The number of carbonyl (C=O) groups excluding carboxylic acids is 1. The third-order valence-electron chi connectivity index (χ3n) is 4.88. The fraction of sp³-hybridized carbons (Fsp3) is 0.300. The molecule has 0 aliphatic carbocycles. The van der Waals surface area contributed by atoms with Crippen LogP contribution in [-0.4, -0.2) is 41.1 Å². The van der Waals surface area contributed by atoms with Crippen molar-refractivity contribution in [1.82, 2.24) is 4.90 Å². The molecule has 142 valence electrons. The lowest BCUT2D eigenvalue weighted by Gasteiger charge is -2.24. The smallest absolute Gasteiger partial charge is 0.394 e. The number of alkyl halides is 3. The largest absolute Gasteiger partial charge is 0.481 e. The van der Waals surface area contributed by atoms with Crippen LogP contribution in [0.15, 0.2) is 60.7 Å². The van der Waals surface area contributed by atoms with Crippen molar-refractivity contribution in [2.24, 2.45) is 11.8 Å². The zero-order chi connectivity index (χ0) is 19.6. The molecule has 0 spiro atoms. The topological polar surface area (TPSA) is 57.6 Å². The second kappa shape index (κ2) is 7.42. The molecular weight excluding hydrogens is 359 g/mol. The Labute approximate surface area is 154 Å². The molecule has 2 aromatic carbocycles. The van der Waals surface area contributed by atoms with Gasteiger partial charge in [0.25, 0.3) is 0 Å². The molecular formula is C20H18F3NO3. The zero-order valence-electron chi connectivity index (χ0n) is 14.3. The van der Waals surface area contributed by atoms with E-state index in [9.17, 15) is 27.9 Å². The van der Waals surface area contributed by atoms with Crippen LogP contribution in [0.25, 0.3) is 0 Å². The highest BCUT2D eigenvalue weighted by atomic mass is 19.4. The maximum Gasteiger partial charge on any atom is 0.394 e. The number of amides is 1. The summed E-state index contributed by atoms with van der Waals surface area (Å²) in [5.74, 6) is -6.56. The van der Waals surface area contributed by atoms with Gasteiger partial charge in [-0.25, -0.2) is 0 Å². The van der Waals surface area contributed by atoms with Gasteiger partial charge in [0.2, 0.25) is 5.91 Å². The number of nitrogens with zero attached hydrogens (tertiary/aromatic N) is 1. The van der Waals surface area contributed by atoms with Gasteiger partial charge in [-0.1, -0.05) is 60.7 Å². The van der Waals surface area contributed by atoms with Gasteiger partial charge in [0.05, 0.1) is 17.8 Å². The predicted octanol–water partition coefficient (Wildman–Crippen LogP) is 3.54. The Kier molecular flexibility index (Phi) is 5.21. The molecule has 1 aliphatic heterocycles. The lowest BCUT2D eigenvalue weighted by Crippen LogP contribution is -2.35. The van der Waals surface area contributed by atoms with Crippen LogP contribution in [0.4, 0.5) is 13.2 Å². The number of hydrogen-bond donors (Lipinski definition) is 1. The Bertz CT molecular complexity index is 769. The number of halogens is 3. The van der Waals surface area contributed by atoms with Crippen LogP contribution in [0.2, 0.25) is 0 Å². The number of aliphatic carboxylic acids is 1. The van der Waals surface area contributed by atoms with E-state index in [2.05, 4.69) is 0 Å². The van der Waals surface area contributed by atoms with Gasteiger partial charge in [-0.15, -0.1) is 0 Å². The monoisotopic (exact) mass is 377 g/mol.